The number of nitrogen functional groups attached to an aromatic ring is 1. The normalized spacial score (nSPS) is 10.2. The first-order chi connectivity index (χ1) is 8.65. The predicted octanol–water partition coefficient (Wildman–Crippen LogP) is 3.00. The maximum Gasteiger partial charge on any atom is 0.131 e. The number of benzene rings is 1. The summed E-state index contributed by atoms with van der Waals surface area (Å²) >= 11 is 5.95. The number of anilines is 1. The zero-order valence-corrected chi connectivity index (χ0v) is 10.9. The molecule has 2 N–H and O–H groups in total. The average Bonchev–Trinajstić information content (AvgIpc) is 2.40. The Morgan fingerprint density at radius 1 is 1.11 bits per heavy atom. The Labute approximate surface area is 110 Å². The lowest BCUT2D eigenvalue weighted by atomic mass is 10.1. The fourth-order valence-electron chi connectivity index (χ4n) is 1.69. The maximum absolute atomic E-state index is 5.95. The van der Waals surface area contributed by atoms with Gasteiger partial charge in [0.05, 0.1) is 19.2 Å². The Kier molecular flexibility index (Phi) is 3.58. The van der Waals surface area contributed by atoms with Gasteiger partial charge in [0.15, 0.2) is 0 Å². The van der Waals surface area contributed by atoms with E-state index in [1.165, 1.54) is 6.20 Å². The molecule has 1 aromatic carbocycles. The Morgan fingerprint density at radius 3 is 2.56 bits per heavy atom. The molecule has 0 aliphatic heterocycles. The molecule has 2 aromatic rings. The number of hydrogen-bond donors (Lipinski definition) is 1. The molecule has 0 aliphatic carbocycles. The van der Waals surface area contributed by atoms with Crippen molar-refractivity contribution in [1.29, 1.82) is 0 Å². The van der Waals surface area contributed by atoms with Crippen molar-refractivity contribution in [2.75, 3.05) is 20.0 Å². The minimum Gasteiger partial charge on any atom is -0.497 e. The van der Waals surface area contributed by atoms with Gasteiger partial charge in [0.1, 0.15) is 17.3 Å². The van der Waals surface area contributed by atoms with Crippen LogP contribution in [-0.2, 0) is 0 Å². The number of ether oxygens (including phenoxy) is 2. The molecule has 94 valence electrons. The second kappa shape index (κ2) is 5.14. The molecule has 0 bridgehead atoms. The number of nitrogens with two attached hydrogens (primary N) is 1. The third-order valence-corrected chi connectivity index (χ3v) is 2.79. The largest absolute Gasteiger partial charge is 0.497 e. The monoisotopic (exact) mass is 264 g/mol. The summed E-state index contributed by atoms with van der Waals surface area (Å²) < 4.78 is 10.5. The smallest absolute Gasteiger partial charge is 0.131 e. The van der Waals surface area contributed by atoms with Gasteiger partial charge in [-0.2, -0.15) is 0 Å². The zero-order valence-electron chi connectivity index (χ0n) is 10.1. The van der Waals surface area contributed by atoms with Gasteiger partial charge in [0.25, 0.3) is 0 Å². The summed E-state index contributed by atoms with van der Waals surface area (Å²) in [6.07, 6.45) is 1.51. The number of aromatic nitrogens is 1. The van der Waals surface area contributed by atoms with Crippen LogP contribution >= 0.6 is 11.6 Å². The lowest BCUT2D eigenvalue weighted by Gasteiger charge is -2.12. The zero-order chi connectivity index (χ0) is 13.1. The lowest BCUT2D eigenvalue weighted by Crippen LogP contribution is -1.96. The quantitative estimate of drug-likeness (QED) is 0.926. The van der Waals surface area contributed by atoms with Crippen molar-refractivity contribution >= 4 is 17.4 Å². The summed E-state index contributed by atoms with van der Waals surface area (Å²) in [5, 5.41) is 0.518. The molecule has 0 unspecified atom stereocenters. The van der Waals surface area contributed by atoms with Crippen molar-refractivity contribution < 1.29 is 9.47 Å². The third-order valence-electron chi connectivity index (χ3n) is 2.58. The topological polar surface area (TPSA) is 57.4 Å². The van der Waals surface area contributed by atoms with Crippen LogP contribution in [0.3, 0.4) is 0 Å². The van der Waals surface area contributed by atoms with Crippen LogP contribution in [-0.4, -0.2) is 19.2 Å². The van der Waals surface area contributed by atoms with E-state index in [-0.39, 0.29) is 0 Å². The molecule has 0 atom stereocenters. The van der Waals surface area contributed by atoms with Crippen LogP contribution in [0.5, 0.6) is 11.5 Å². The minimum atomic E-state index is 0.394. The van der Waals surface area contributed by atoms with Crippen LogP contribution in [0, 0.1) is 0 Å². The van der Waals surface area contributed by atoms with E-state index in [0.717, 1.165) is 11.1 Å². The standard InChI is InChI=1S/C13H13ClN2O2/c1-17-9-3-4-12(18-2)10(6-9)11-5-8(14)7-16-13(11)15/h3-7H,1-2H3,(H2,15,16). The third kappa shape index (κ3) is 2.33. The van der Waals surface area contributed by atoms with Crippen molar-refractivity contribution in [3.63, 3.8) is 0 Å². The van der Waals surface area contributed by atoms with Crippen molar-refractivity contribution in [3.8, 4) is 22.6 Å². The number of hydrogen-bond acceptors (Lipinski definition) is 4. The van der Waals surface area contributed by atoms with Crippen LogP contribution in [0.1, 0.15) is 0 Å². The molecule has 0 saturated heterocycles. The molecule has 18 heavy (non-hydrogen) atoms. The van der Waals surface area contributed by atoms with Gasteiger partial charge in [-0.25, -0.2) is 4.98 Å². The molecule has 0 aliphatic rings. The van der Waals surface area contributed by atoms with Gasteiger partial charge in [0.2, 0.25) is 0 Å². The minimum absolute atomic E-state index is 0.394. The molecule has 1 heterocycles. The van der Waals surface area contributed by atoms with E-state index in [4.69, 9.17) is 26.8 Å². The summed E-state index contributed by atoms with van der Waals surface area (Å²) in [4.78, 5) is 4.04. The highest BCUT2D eigenvalue weighted by Crippen LogP contribution is 2.36. The highest BCUT2D eigenvalue weighted by atomic mass is 35.5. The number of pyridine rings is 1. The van der Waals surface area contributed by atoms with Crippen LogP contribution in [0.4, 0.5) is 5.82 Å². The molecule has 0 saturated carbocycles. The molecular weight excluding hydrogens is 252 g/mol. The number of nitrogens with zero attached hydrogens (tertiary/aromatic N) is 1. The average molecular weight is 265 g/mol. The Bertz CT molecular complexity index is 573. The summed E-state index contributed by atoms with van der Waals surface area (Å²) in [6, 6.07) is 7.22. The van der Waals surface area contributed by atoms with Gasteiger partial charge in [-0.3, -0.25) is 0 Å². The predicted molar refractivity (Wildman–Crippen MR) is 72.2 cm³/mol. The fourth-order valence-corrected chi connectivity index (χ4v) is 1.85. The van der Waals surface area contributed by atoms with E-state index in [1.54, 1.807) is 20.3 Å². The summed E-state index contributed by atoms with van der Waals surface area (Å²) in [5.74, 6) is 1.79. The number of halogens is 1. The molecule has 5 heteroatoms. The van der Waals surface area contributed by atoms with Gasteiger partial charge < -0.3 is 15.2 Å². The van der Waals surface area contributed by atoms with E-state index in [1.807, 2.05) is 18.2 Å². The summed E-state index contributed by atoms with van der Waals surface area (Å²) in [6.45, 7) is 0. The lowest BCUT2D eigenvalue weighted by molar-refractivity contribution is 0.404. The van der Waals surface area contributed by atoms with Crippen molar-refractivity contribution in [1.82, 2.24) is 4.98 Å². The SMILES string of the molecule is COc1ccc(OC)c(-c2cc(Cl)cnc2N)c1. The van der Waals surface area contributed by atoms with Gasteiger partial charge in [-0.1, -0.05) is 11.6 Å². The first-order valence-corrected chi connectivity index (χ1v) is 5.67. The van der Waals surface area contributed by atoms with Crippen LogP contribution in [0.2, 0.25) is 5.02 Å². The van der Waals surface area contributed by atoms with E-state index < -0.39 is 0 Å². The van der Waals surface area contributed by atoms with E-state index in [2.05, 4.69) is 4.98 Å². The van der Waals surface area contributed by atoms with E-state index >= 15 is 0 Å². The second-order valence-electron chi connectivity index (χ2n) is 3.65. The van der Waals surface area contributed by atoms with E-state index in [9.17, 15) is 0 Å². The molecule has 0 spiro atoms. The van der Waals surface area contributed by atoms with Crippen molar-refractivity contribution in [3.05, 3.63) is 35.5 Å². The Hall–Kier alpha value is -1.94. The second-order valence-corrected chi connectivity index (χ2v) is 4.09. The fraction of sp³-hybridized carbons (Fsp3) is 0.154. The summed E-state index contributed by atoms with van der Waals surface area (Å²) in [5.41, 5.74) is 7.39. The van der Waals surface area contributed by atoms with Crippen LogP contribution in [0.25, 0.3) is 11.1 Å². The molecule has 0 radical (unpaired) electrons. The number of methoxy groups -OCH3 is 2. The molecule has 0 amide bonds. The van der Waals surface area contributed by atoms with Gasteiger partial charge >= 0.3 is 0 Å². The highest BCUT2D eigenvalue weighted by Gasteiger charge is 2.12. The Morgan fingerprint density at radius 2 is 1.89 bits per heavy atom. The van der Waals surface area contributed by atoms with Crippen molar-refractivity contribution in [2.24, 2.45) is 0 Å². The molecular formula is C13H13ClN2O2. The Balaban J connectivity index is 2.64. The molecule has 0 fully saturated rings. The van der Waals surface area contributed by atoms with Crippen LogP contribution < -0.4 is 15.2 Å². The first kappa shape index (κ1) is 12.5. The van der Waals surface area contributed by atoms with Gasteiger partial charge in [-0.05, 0) is 24.3 Å². The van der Waals surface area contributed by atoms with Crippen molar-refractivity contribution in [2.45, 2.75) is 0 Å². The highest BCUT2D eigenvalue weighted by molar-refractivity contribution is 6.30. The van der Waals surface area contributed by atoms with E-state index in [0.29, 0.717) is 22.3 Å². The first-order valence-electron chi connectivity index (χ1n) is 5.29. The summed E-state index contributed by atoms with van der Waals surface area (Å²) in [7, 11) is 3.20. The van der Waals surface area contributed by atoms with Gasteiger partial charge in [-0.15, -0.1) is 0 Å². The van der Waals surface area contributed by atoms with Crippen LogP contribution in [0.15, 0.2) is 30.5 Å². The number of rotatable bonds is 3. The van der Waals surface area contributed by atoms with Gasteiger partial charge in [0, 0.05) is 17.3 Å². The molecule has 2 rings (SSSR count). The maximum atomic E-state index is 5.95. The molecule has 4 nitrogen and oxygen atoms in total. The molecule has 1 aromatic heterocycles.